The number of unbranched alkanes of at least 4 members (excludes halogenated alkanes) is 1. The van der Waals surface area contributed by atoms with Gasteiger partial charge in [0.2, 0.25) is 12.7 Å². The van der Waals surface area contributed by atoms with Crippen LogP contribution in [0.1, 0.15) is 33.6 Å². The summed E-state index contributed by atoms with van der Waals surface area (Å²) in [5.74, 6) is 1.96. The molecule has 2 heterocycles. The molecule has 1 saturated heterocycles. The average molecular weight is 647 g/mol. The van der Waals surface area contributed by atoms with E-state index in [1.165, 1.54) is 0 Å². The van der Waals surface area contributed by atoms with Crippen molar-refractivity contribution in [3.8, 4) is 11.6 Å². The lowest BCUT2D eigenvalue weighted by molar-refractivity contribution is 0.0283. The van der Waals surface area contributed by atoms with Crippen molar-refractivity contribution in [2.75, 3.05) is 71.3 Å². The van der Waals surface area contributed by atoms with Gasteiger partial charge in [0.05, 0.1) is 34.5 Å². The molecule has 3 aromatic rings. The van der Waals surface area contributed by atoms with Crippen LogP contribution >= 0.6 is 23.2 Å². The molecule has 2 aromatic carbocycles. The Morgan fingerprint density at radius 2 is 1.80 bits per heavy atom. The van der Waals surface area contributed by atoms with Gasteiger partial charge in [-0.15, -0.1) is 0 Å². The monoisotopic (exact) mass is 645 g/mol. The first-order valence-corrected chi connectivity index (χ1v) is 16.1. The van der Waals surface area contributed by atoms with Crippen molar-refractivity contribution in [1.82, 2.24) is 20.1 Å². The number of anilines is 1. The first-order chi connectivity index (χ1) is 21.2. The molecule has 0 aliphatic carbocycles. The summed E-state index contributed by atoms with van der Waals surface area (Å²) in [6, 6.07) is 15.4. The molecule has 9 nitrogen and oxygen atoms in total. The first-order valence-electron chi connectivity index (χ1n) is 15.4. The van der Waals surface area contributed by atoms with Crippen LogP contribution < -0.4 is 19.7 Å². The third-order valence-electron chi connectivity index (χ3n) is 8.06. The van der Waals surface area contributed by atoms with Crippen molar-refractivity contribution in [3.63, 3.8) is 0 Å². The number of piperazine rings is 1. The Hall–Kier alpha value is -2.98. The van der Waals surface area contributed by atoms with E-state index in [0.29, 0.717) is 47.6 Å². The molecular formula is C33H45Cl2N5O4. The number of aromatic nitrogens is 1. The van der Waals surface area contributed by atoms with Crippen LogP contribution in [-0.4, -0.2) is 87.3 Å². The van der Waals surface area contributed by atoms with Gasteiger partial charge in [0.1, 0.15) is 5.75 Å². The summed E-state index contributed by atoms with van der Waals surface area (Å²) in [6.45, 7) is 12.7. The van der Waals surface area contributed by atoms with E-state index in [1.807, 2.05) is 42.5 Å². The van der Waals surface area contributed by atoms with Crippen LogP contribution in [0.4, 0.5) is 10.5 Å². The van der Waals surface area contributed by atoms with Crippen molar-refractivity contribution in [2.24, 2.45) is 11.8 Å². The molecule has 1 atom stereocenters. The normalized spacial score (nSPS) is 14.6. The number of fused-ring (bicyclic) bond motifs is 1. The molecule has 1 aromatic heterocycles. The number of hydrogen-bond acceptors (Lipinski definition) is 8. The molecule has 1 amide bonds. The Balaban J connectivity index is 1.17. The molecule has 240 valence electrons. The molecule has 11 heteroatoms. The van der Waals surface area contributed by atoms with Gasteiger partial charge in [-0.1, -0.05) is 50.0 Å². The Morgan fingerprint density at radius 1 is 1.02 bits per heavy atom. The van der Waals surface area contributed by atoms with E-state index in [0.717, 1.165) is 67.9 Å². The maximum absolute atomic E-state index is 12.6. The second-order valence-corrected chi connectivity index (χ2v) is 12.4. The van der Waals surface area contributed by atoms with E-state index in [1.54, 1.807) is 18.0 Å². The standard InChI is InChI=1S/C33H45Cl2N5O4/c1-24(2)25(3)21-40(22-36-4)33(41)44-23-43-31-13-11-26-10-12-27(20-29(26)37-31)42-19-6-5-14-38-15-17-39(18-16-38)30-9-7-8-28(34)32(30)35/h7-13,20,24-25,36H,5-6,14-19,21-23H2,1-4H3. The van der Waals surface area contributed by atoms with Gasteiger partial charge in [-0.2, -0.15) is 0 Å². The molecule has 1 aliphatic rings. The molecule has 0 saturated carbocycles. The summed E-state index contributed by atoms with van der Waals surface area (Å²) >= 11 is 12.6. The predicted molar refractivity (Wildman–Crippen MR) is 178 cm³/mol. The van der Waals surface area contributed by atoms with Gasteiger partial charge in [-0.05, 0) is 68.6 Å². The van der Waals surface area contributed by atoms with Crippen molar-refractivity contribution >= 4 is 45.9 Å². The van der Waals surface area contributed by atoms with Crippen molar-refractivity contribution in [2.45, 2.75) is 33.6 Å². The molecule has 0 bridgehead atoms. The van der Waals surface area contributed by atoms with Crippen LogP contribution in [0.25, 0.3) is 10.9 Å². The summed E-state index contributed by atoms with van der Waals surface area (Å²) in [5, 5.41) is 5.23. The lowest BCUT2D eigenvalue weighted by Crippen LogP contribution is -2.46. The molecule has 44 heavy (non-hydrogen) atoms. The zero-order valence-corrected chi connectivity index (χ0v) is 27.7. The van der Waals surface area contributed by atoms with E-state index in [4.69, 9.17) is 37.4 Å². The molecule has 1 N–H and O–H groups in total. The maximum atomic E-state index is 12.6. The number of ether oxygens (including phenoxy) is 3. The Kier molecular flexibility index (Phi) is 13.0. The summed E-state index contributed by atoms with van der Waals surface area (Å²) in [6.07, 6.45) is 1.59. The first kappa shape index (κ1) is 33.9. The number of carbonyl (C=O) groups excluding carboxylic acids is 1. The molecule has 4 rings (SSSR count). The minimum Gasteiger partial charge on any atom is -0.494 e. The van der Waals surface area contributed by atoms with Gasteiger partial charge in [0.25, 0.3) is 0 Å². The number of carbonyl (C=O) groups is 1. The van der Waals surface area contributed by atoms with E-state index < -0.39 is 6.09 Å². The highest BCUT2D eigenvalue weighted by Crippen LogP contribution is 2.33. The van der Waals surface area contributed by atoms with E-state index >= 15 is 0 Å². The third kappa shape index (κ3) is 9.76. The van der Waals surface area contributed by atoms with Gasteiger partial charge in [-0.3, -0.25) is 9.80 Å². The average Bonchev–Trinajstić information content (AvgIpc) is 3.02. The Labute approximate surface area is 271 Å². The summed E-state index contributed by atoms with van der Waals surface area (Å²) < 4.78 is 17.1. The summed E-state index contributed by atoms with van der Waals surface area (Å²) in [4.78, 5) is 23.6. The second-order valence-electron chi connectivity index (χ2n) is 11.6. The molecule has 1 fully saturated rings. The fraction of sp³-hybridized carbons (Fsp3) is 0.515. The SMILES string of the molecule is CNCN(CC(C)C(C)C)C(=O)OCOc1ccc2ccc(OCCCCN3CCN(c4cccc(Cl)c4Cl)CC3)cc2n1. The number of hydrogen-bond donors (Lipinski definition) is 1. The number of nitrogens with zero attached hydrogens (tertiary/aromatic N) is 4. The minimum absolute atomic E-state index is 0.215. The third-order valence-corrected chi connectivity index (χ3v) is 8.87. The lowest BCUT2D eigenvalue weighted by atomic mass is 9.98. The number of rotatable bonds is 15. The predicted octanol–water partition coefficient (Wildman–Crippen LogP) is 6.77. The number of nitrogens with one attached hydrogen (secondary N) is 1. The fourth-order valence-electron chi connectivity index (χ4n) is 5.01. The second kappa shape index (κ2) is 16.9. The maximum Gasteiger partial charge on any atom is 0.413 e. The van der Waals surface area contributed by atoms with E-state index in [2.05, 4.69) is 40.9 Å². The van der Waals surface area contributed by atoms with Gasteiger partial charge >= 0.3 is 6.09 Å². The highest BCUT2D eigenvalue weighted by atomic mass is 35.5. The van der Waals surface area contributed by atoms with Crippen LogP contribution in [0.3, 0.4) is 0 Å². The van der Waals surface area contributed by atoms with Crippen LogP contribution in [-0.2, 0) is 4.74 Å². The van der Waals surface area contributed by atoms with Gasteiger partial charge in [0, 0.05) is 50.2 Å². The van der Waals surface area contributed by atoms with E-state index in [9.17, 15) is 4.79 Å². The van der Waals surface area contributed by atoms with Crippen molar-refractivity contribution in [1.29, 1.82) is 0 Å². The van der Waals surface area contributed by atoms with Crippen molar-refractivity contribution in [3.05, 3.63) is 58.6 Å². The largest absolute Gasteiger partial charge is 0.494 e. The minimum atomic E-state index is -0.423. The van der Waals surface area contributed by atoms with Gasteiger partial charge in [-0.25, -0.2) is 9.78 Å². The molecule has 1 unspecified atom stereocenters. The number of halogens is 2. The van der Waals surface area contributed by atoms with Gasteiger partial charge in [0.15, 0.2) is 0 Å². The molecular weight excluding hydrogens is 601 g/mol. The van der Waals surface area contributed by atoms with E-state index in [-0.39, 0.29) is 6.79 Å². The smallest absolute Gasteiger partial charge is 0.413 e. The van der Waals surface area contributed by atoms with Crippen LogP contribution in [0.15, 0.2) is 48.5 Å². The van der Waals surface area contributed by atoms with Crippen LogP contribution in [0, 0.1) is 11.8 Å². The molecule has 0 spiro atoms. The zero-order valence-electron chi connectivity index (χ0n) is 26.2. The quantitative estimate of drug-likeness (QED) is 0.143. The summed E-state index contributed by atoms with van der Waals surface area (Å²) in [7, 11) is 1.80. The summed E-state index contributed by atoms with van der Waals surface area (Å²) in [5.41, 5.74) is 1.77. The highest BCUT2D eigenvalue weighted by Gasteiger charge is 2.20. The molecule has 0 radical (unpaired) electrons. The van der Waals surface area contributed by atoms with Crippen molar-refractivity contribution < 1.29 is 19.0 Å². The van der Waals surface area contributed by atoms with Crippen LogP contribution in [0.5, 0.6) is 11.6 Å². The zero-order chi connectivity index (χ0) is 31.5. The Morgan fingerprint density at radius 3 is 2.55 bits per heavy atom. The topological polar surface area (TPSA) is 79.4 Å². The Bertz CT molecular complexity index is 1350. The van der Waals surface area contributed by atoms with Crippen LogP contribution in [0.2, 0.25) is 10.0 Å². The fourth-order valence-corrected chi connectivity index (χ4v) is 5.42. The lowest BCUT2D eigenvalue weighted by Gasteiger charge is -2.36. The number of amides is 1. The highest BCUT2D eigenvalue weighted by molar-refractivity contribution is 6.43. The number of benzene rings is 2. The molecule has 1 aliphatic heterocycles. The number of pyridine rings is 1. The van der Waals surface area contributed by atoms with Gasteiger partial charge < -0.3 is 24.4 Å².